The normalized spacial score (nSPS) is 28.2. The summed E-state index contributed by atoms with van der Waals surface area (Å²) >= 11 is 0. The molecule has 0 bridgehead atoms. The van der Waals surface area contributed by atoms with Gasteiger partial charge in [0, 0.05) is 11.1 Å². The molecule has 106 valence electrons. The van der Waals surface area contributed by atoms with E-state index >= 15 is 0 Å². The van der Waals surface area contributed by atoms with Crippen LogP contribution in [0.4, 0.5) is 4.39 Å². The van der Waals surface area contributed by atoms with Crippen LogP contribution in [0.5, 0.6) is 0 Å². The molecule has 2 heterocycles. The highest BCUT2D eigenvalue weighted by atomic mass is 32.2. The lowest BCUT2D eigenvalue weighted by Crippen LogP contribution is -2.42. The molecular formula is C13H11FO5S. The van der Waals surface area contributed by atoms with Gasteiger partial charge in [-0.15, -0.1) is 0 Å². The quantitative estimate of drug-likeness (QED) is 0.576. The Morgan fingerprint density at radius 1 is 1.30 bits per heavy atom. The topological polar surface area (TPSA) is 69.7 Å². The Balaban J connectivity index is 2.23. The smallest absolute Gasteiger partial charge is 0.339 e. The molecule has 1 saturated heterocycles. The number of ether oxygens (including phenoxy) is 1. The minimum Gasteiger partial charge on any atom is -0.449 e. The van der Waals surface area contributed by atoms with E-state index in [1.807, 2.05) is 0 Å². The van der Waals surface area contributed by atoms with Crippen LogP contribution in [-0.4, -0.2) is 32.3 Å². The molecule has 5 nitrogen and oxygen atoms in total. The number of hydrogen-bond acceptors (Lipinski definition) is 5. The number of hydrogen-bond donors (Lipinski definition) is 0. The van der Waals surface area contributed by atoms with E-state index < -0.39 is 33.3 Å². The Morgan fingerprint density at radius 3 is 2.70 bits per heavy atom. The monoisotopic (exact) mass is 298 g/mol. The van der Waals surface area contributed by atoms with E-state index in [0.717, 1.165) is 0 Å². The van der Waals surface area contributed by atoms with Crippen LogP contribution in [0.2, 0.25) is 0 Å². The van der Waals surface area contributed by atoms with Crippen molar-refractivity contribution in [2.45, 2.75) is 12.5 Å². The van der Waals surface area contributed by atoms with E-state index in [0.29, 0.717) is 0 Å². The summed E-state index contributed by atoms with van der Waals surface area (Å²) in [4.78, 5) is 12.0. The molecule has 1 unspecified atom stereocenters. The number of carbonyl (C=O) groups excluding carboxylic acids is 1. The first-order valence-electron chi connectivity index (χ1n) is 5.91. The average Bonchev–Trinajstić information content (AvgIpc) is 2.61. The molecule has 0 saturated carbocycles. The molecule has 7 heteroatoms. The van der Waals surface area contributed by atoms with Crippen molar-refractivity contribution < 1.29 is 26.5 Å². The summed E-state index contributed by atoms with van der Waals surface area (Å²) in [6.45, 7) is 1.27. The molecule has 0 aromatic heterocycles. The van der Waals surface area contributed by atoms with Gasteiger partial charge in [-0.05, 0) is 13.0 Å². The second-order valence-electron chi connectivity index (χ2n) is 4.92. The van der Waals surface area contributed by atoms with Gasteiger partial charge in [0.2, 0.25) is 0 Å². The van der Waals surface area contributed by atoms with E-state index in [-0.39, 0.29) is 23.3 Å². The van der Waals surface area contributed by atoms with E-state index in [4.69, 9.17) is 8.92 Å². The van der Waals surface area contributed by atoms with Crippen LogP contribution < -0.4 is 0 Å². The van der Waals surface area contributed by atoms with Crippen LogP contribution in [-0.2, 0) is 23.8 Å². The van der Waals surface area contributed by atoms with Crippen molar-refractivity contribution in [2.75, 3.05) is 12.4 Å². The first-order chi connectivity index (χ1) is 9.32. The number of esters is 1. The molecule has 1 atom stereocenters. The maximum absolute atomic E-state index is 13.9. The van der Waals surface area contributed by atoms with Gasteiger partial charge >= 0.3 is 5.97 Å². The summed E-state index contributed by atoms with van der Waals surface area (Å²) in [5, 5.41) is 0. The molecule has 1 aromatic rings. The molecule has 0 aliphatic carbocycles. The van der Waals surface area contributed by atoms with Crippen molar-refractivity contribution in [1.29, 1.82) is 0 Å². The first kappa shape index (κ1) is 13.3. The maximum atomic E-state index is 13.9. The van der Waals surface area contributed by atoms with Gasteiger partial charge in [0.15, 0.2) is 5.60 Å². The van der Waals surface area contributed by atoms with Gasteiger partial charge in [0.25, 0.3) is 10.1 Å². The number of benzene rings is 1. The molecule has 0 radical (unpaired) electrons. The van der Waals surface area contributed by atoms with Crippen molar-refractivity contribution in [2.24, 2.45) is 0 Å². The zero-order valence-electron chi connectivity index (χ0n) is 10.6. The highest BCUT2D eigenvalue weighted by Gasteiger charge is 2.50. The number of fused-ring (bicyclic) bond motifs is 1. The van der Waals surface area contributed by atoms with Crippen LogP contribution in [0, 0.1) is 5.82 Å². The highest BCUT2D eigenvalue weighted by Crippen LogP contribution is 2.42. The molecule has 0 spiro atoms. The molecule has 2 aliphatic heterocycles. The Hall–Kier alpha value is -1.73. The fraction of sp³-hybridized carbons (Fsp3) is 0.308. The summed E-state index contributed by atoms with van der Waals surface area (Å²) < 4.78 is 47.0. The highest BCUT2D eigenvalue weighted by molar-refractivity contribution is 7.87. The van der Waals surface area contributed by atoms with Crippen LogP contribution in [0.3, 0.4) is 0 Å². The Labute approximate surface area is 115 Å². The third-order valence-electron chi connectivity index (χ3n) is 3.44. The number of rotatable bonds is 1. The second kappa shape index (κ2) is 4.13. The minimum atomic E-state index is -3.76. The van der Waals surface area contributed by atoms with Crippen LogP contribution >= 0.6 is 0 Å². The van der Waals surface area contributed by atoms with Gasteiger partial charge in [0.1, 0.15) is 18.2 Å². The van der Waals surface area contributed by atoms with Crippen molar-refractivity contribution in [3.8, 4) is 0 Å². The molecular weight excluding hydrogens is 287 g/mol. The number of carbonyl (C=O) groups is 1. The summed E-state index contributed by atoms with van der Waals surface area (Å²) in [7, 11) is -3.76. The molecule has 0 N–H and O–H groups in total. The lowest BCUT2D eigenvalue weighted by molar-refractivity contribution is -0.146. The summed E-state index contributed by atoms with van der Waals surface area (Å²) in [5.74, 6) is -1.80. The molecule has 2 aliphatic rings. The van der Waals surface area contributed by atoms with Gasteiger partial charge in [-0.3, -0.25) is 4.18 Å². The predicted molar refractivity (Wildman–Crippen MR) is 67.6 cm³/mol. The zero-order chi connectivity index (χ0) is 14.5. The third kappa shape index (κ3) is 1.94. The lowest BCUT2D eigenvalue weighted by Gasteiger charge is -2.30. The van der Waals surface area contributed by atoms with Crippen LogP contribution in [0.15, 0.2) is 29.8 Å². The fourth-order valence-corrected chi connectivity index (χ4v) is 3.69. The van der Waals surface area contributed by atoms with Crippen molar-refractivity contribution >= 4 is 21.7 Å². The van der Waals surface area contributed by atoms with Crippen molar-refractivity contribution in [1.82, 2.24) is 0 Å². The third-order valence-corrected chi connectivity index (χ3v) is 4.56. The van der Waals surface area contributed by atoms with Gasteiger partial charge in [-0.2, -0.15) is 8.42 Å². The average molecular weight is 298 g/mol. The van der Waals surface area contributed by atoms with Crippen LogP contribution in [0.25, 0.3) is 5.57 Å². The summed E-state index contributed by atoms with van der Waals surface area (Å²) in [6.07, 6.45) is 0. The van der Waals surface area contributed by atoms with Gasteiger partial charge in [-0.25, -0.2) is 9.18 Å². The zero-order valence-corrected chi connectivity index (χ0v) is 11.4. The summed E-state index contributed by atoms with van der Waals surface area (Å²) in [6, 6.07) is 5.69. The molecule has 0 amide bonds. The van der Waals surface area contributed by atoms with Crippen molar-refractivity contribution in [3.05, 3.63) is 41.2 Å². The standard InChI is InChI=1S/C13H11FO5S/c1-13-7-18-20(16,17)6-9(13)11(12(15)19-13)8-4-2-3-5-10(8)14/h2-5H,6-7H2,1H3. The molecule has 3 rings (SSSR count). The molecule has 1 fully saturated rings. The van der Waals surface area contributed by atoms with E-state index in [1.54, 1.807) is 13.0 Å². The SMILES string of the molecule is CC12COS(=O)(=O)CC1=C(c1ccccc1F)C(=O)O2. The minimum absolute atomic E-state index is 0.0162. The molecule has 1 aromatic carbocycles. The second-order valence-corrected chi connectivity index (χ2v) is 6.56. The van der Waals surface area contributed by atoms with Gasteiger partial charge < -0.3 is 4.74 Å². The van der Waals surface area contributed by atoms with E-state index in [2.05, 4.69) is 0 Å². The summed E-state index contributed by atoms with van der Waals surface area (Å²) in [5.41, 5.74) is -0.871. The largest absolute Gasteiger partial charge is 0.449 e. The van der Waals surface area contributed by atoms with Crippen LogP contribution in [0.1, 0.15) is 12.5 Å². The number of halogens is 1. The van der Waals surface area contributed by atoms with E-state index in [9.17, 15) is 17.6 Å². The Morgan fingerprint density at radius 2 is 2.00 bits per heavy atom. The Kier molecular flexibility index (Phi) is 2.74. The predicted octanol–water partition coefficient (Wildman–Crippen LogP) is 1.25. The maximum Gasteiger partial charge on any atom is 0.339 e. The van der Waals surface area contributed by atoms with Gasteiger partial charge in [0.05, 0.1) is 5.57 Å². The fourth-order valence-electron chi connectivity index (χ4n) is 2.40. The molecule has 20 heavy (non-hydrogen) atoms. The van der Waals surface area contributed by atoms with Gasteiger partial charge in [-0.1, -0.05) is 18.2 Å². The Bertz CT molecular complexity index is 737. The van der Waals surface area contributed by atoms with Crippen molar-refractivity contribution in [3.63, 3.8) is 0 Å². The van der Waals surface area contributed by atoms with E-state index in [1.165, 1.54) is 18.2 Å². The lowest BCUT2D eigenvalue weighted by atomic mass is 9.92. The first-order valence-corrected chi connectivity index (χ1v) is 7.49.